The van der Waals surface area contributed by atoms with Crippen molar-refractivity contribution in [3.63, 3.8) is 0 Å². The minimum Gasteiger partial charge on any atom is -0.444 e. The van der Waals surface area contributed by atoms with Crippen molar-refractivity contribution >= 4 is 29.3 Å². The molecule has 0 radical (unpaired) electrons. The molecule has 23 heavy (non-hydrogen) atoms. The van der Waals surface area contributed by atoms with Crippen LogP contribution in [0.3, 0.4) is 0 Å². The van der Waals surface area contributed by atoms with Crippen LogP contribution in [0, 0.1) is 5.92 Å². The third kappa shape index (κ3) is 5.39. The fourth-order valence-electron chi connectivity index (χ4n) is 2.41. The summed E-state index contributed by atoms with van der Waals surface area (Å²) in [5, 5.41) is 3.14. The van der Waals surface area contributed by atoms with Gasteiger partial charge in [-0.2, -0.15) is 0 Å². The number of piperidine rings is 1. The van der Waals surface area contributed by atoms with Crippen molar-refractivity contribution in [1.29, 1.82) is 0 Å². The van der Waals surface area contributed by atoms with Gasteiger partial charge < -0.3 is 15.0 Å². The first kappa shape index (κ1) is 17.5. The van der Waals surface area contributed by atoms with E-state index in [1.807, 2.05) is 20.8 Å². The molecule has 1 unspecified atom stereocenters. The number of pyridine rings is 1. The summed E-state index contributed by atoms with van der Waals surface area (Å²) in [6, 6.07) is 3.27. The van der Waals surface area contributed by atoms with Crippen LogP contribution in [0.15, 0.2) is 18.3 Å². The summed E-state index contributed by atoms with van der Waals surface area (Å²) in [5.41, 5.74) is 0.0597. The summed E-state index contributed by atoms with van der Waals surface area (Å²) in [4.78, 5) is 30.0. The van der Waals surface area contributed by atoms with Crippen molar-refractivity contribution in [3.8, 4) is 0 Å². The zero-order valence-corrected chi connectivity index (χ0v) is 14.4. The van der Waals surface area contributed by atoms with Crippen LogP contribution in [-0.4, -0.2) is 40.6 Å². The van der Waals surface area contributed by atoms with Crippen molar-refractivity contribution in [3.05, 3.63) is 23.5 Å². The molecule has 1 atom stereocenters. The van der Waals surface area contributed by atoms with E-state index < -0.39 is 5.60 Å². The van der Waals surface area contributed by atoms with Crippen LogP contribution in [0.4, 0.5) is 10.5 Å². The van der Waals surface area contributed by atoms with E-state index in [0.717, 1.165) is 12.8 Å². The first-order chi connectivity index (χ1) is 10.7. The Morgan fingerprint density at radius 1 is 1.43 bits per heavy atom. The molecule has 1 fully saturated rings. The molecule has 1 aromatic heterocycles. The summed E-state index contributed by atoms with van der Waals surface area (Å²) in [6.45, 7) is 6.45. The van der Waals surface area contributed by atoms with Crippen LogP contribution in [0.5, 0.6) is 0 Å². The number of nitrogens with one attached hydrogen (secondary N) is 1. The van der Waals surface area contributed by atoms with Crippen molar-refractivity contribution < 1.29 is 14.3 Å². The SMILES string of the molecule is CC(C)(C)OC(=O)N1CCCC(C(=O)Nc2ccnc(Cl)c2)C1. The molecule has 1 aliphatic rings. The number of carbonyl (C=O) groups is 2. The summed E-state index contributed by atoms with van der Waals surface area (Å²) >= 11 is 5.81. The van der Waals surface area contributed by atoms with Gasteiger partial charge in [-0.25, -0.2) is 9.78 Å². The average molecular weight is 340 g/mol. The van der Waals surface area contributed by atoms with Gasteiger partial charge in [-0.1, -0.05) is 11.6 Å². The lowest BCUT2D eigenvalue weighted by molar-refractivity contribution is -0.121. The Morgan fingerprint density at radius 3 is 2.83 bits per heavy atom. The number of nitrogens with zero attached hydrogens (tertiary/aromatic N) is 2. The van der Waals surface area contributed by atoms with Gasteiger partial charge in [0.1, 0.15) is 10.8 Å². The largest absolute Gasteiger partial charge is 0.444 e. The van der Waals surface area contributed by atoms with Gasteiger partial charge in [0.2, 0.25) is 5.91 Å². The Morgan fingerprint density at radius 2 is 2.17 bits per heavy atom. The van der Waals surface area contributed by atoms with Crippen LogP contribution in [0.25, 0.3) is 0 Å². The number of aromatic nitrogens is 1. The average Bonchev–Trinajstić information content (AvgIpc) is 2.45. The predicted octanol–water partition coefficient (Wildman–Crippen LogP) is 3.32. The summed E-state index contributed by atoms with van der Waals surface area (Å²) in [5.74, 6) is -0.385. The van der Waals surface area contributed by atoms with Crippen molar-refractivity contribution in [2.45, 2.75) is 39.2 Å². The quantitative estimate of drug-likeness (QED) is 0.839. The molecule has 1 saturated heterocycles. The lowest BCUT2D eigenvalue weighted by atomic mass is 9.97. The van der Waals surface area contributed by atoms with Gasteiger partial charge in [-0.3, -0.25) is 4.79 Å². The molecule has 1 N–H and O–H groups in total. The molecule has 1 aliphatic heterocycles. The second-order valence-corrected chi connectivity index (χ2v) is 7.01. The van der Waals surface area contributed by atoms with E-state index in [1.165, 1.54) is 6.20 Å². The molecule has 0 spiro atoms. The second-order valence-electron chi connectivity index (χ2n) is 6.62. The molecular formula is C16H22ClN3O3. The van der Waals surface area contributed by atoms with Crippen molar-refractivity contribution in [1.82, 2.24) is 9.88 Å². The first-order valence-corrected chi connectivity index (χ1v) is 8.03. The first-order valence-electron chi connectivity index (χ1n) is 7.65. The Hall–Kier alpha value is -1.82. The zero-order chi connectivity index (χ0) is 17.0. The Bertz CT molecular complexity index is 586. The highest BCUT2D eigenvalue weighted by Crippen LogP contribution is 2.21. The maximum absolute atomic E-state index is 12.4. The normalized spacial score (nSPS) is 18.4. The molecule has 7 heteroatoms. The molecule has 0 aliphatic carbocycles. The topological polar surface area (TPSA) is 71.5 Å². The number of halogens is 1. The van der Waals surface area contributed by atoms with Gasteiger partial charge in [-0.05, 0) is 45.7 Å². The number of rotatable bonds is 2. The molecule has 2 rings (SSSR count). The van der Waals surface area contributed by atoms with Crippen LogP contribution >= 0.6 is 11.6 Å². The smallest absolute Gasteiger partial charge is 0.410 e. The lowest BCUT2D eigenvalue weighted by Crippen LogP contribution is -2.45. The molecule has 1 aromatic rings. The molecule has 2 heterocycles. The maximum Gasteiger partial charge on any atom is 0.410 e. The molecule has 6 nitrogen and oxygen atoms in total. The van der Waals surface area contributed by atoms with E-state index in [2.05, 4.69) is 10.3 Å². The van der Waals surface area contributed by atoms with Crippen LogP contribution < -0.4 is 5.32 Å². The van der Waals surface area contributed by atoms with Gasteiger partial charge in [0.25, 0.3) is 0 Å². The Kier molecular flexibility index (Phi) is 5.46. The number of hydrogen-bond donors (Lipinski definition) is 1. The van der Waals surface area contributed by atoms with Gasteiger partial charge in [0, 0.05) is 25.0 Å². The van der Waals surface area contributed by atoms with E-state index in [4.69, 9.17) is 16.3 Å². The number of ether oxygens (including phenoxy) is 1. The number of amides is 2. The van der Waals surface area contributed by atoms with E-state index >= 15 is 0 Å². The zero-order valence-electron chi connectivity index (χ0n) is 13.6. The number of likely N-dealkylation sites (tertiary alicyclic amines) is 1. The van der Waals surface area contributed by atoms with Gasteiger partial charge >= 0.3 is 6.09 Å². The van der Waals surface area contributed by atoms with Crippen molar-refractivity contribution in [2.24, 2.45) is 5.92 Å². The summed E-state index contributed by atoms with van der Waals surface area (Å²) in [7, 11) is 0. The van der Waals surface area contributed by atoms with Gasteiger partial charge in [0.05, 0.1) is 5.92 Å². The molecule has 126 valence electrons. The highest BCUT2D eigenvalue weighted by molar-refractivity contribution is 6.29. The molecule has 2 amide bonds. The summed E-state index contributed by atoms with van der Waals surface area (Å²) < 4.78 is 5.37. The fourth-order valence-corrected chi connectivity index (χ4v) is 2.58. The third-order valence-electron chi connectivity index (χ3n) is 3.44. The predicted molar refractivity (Wildman–Crippen MR) is 88.4 cm³/mol. The van der Waals surface area contributed by atoms with Gasteiger partial charge in [0.15, 0.2) is 0 Å². The van der Waals surface area contributed by atoms with E-state index in [0.29, 0.717) is 23.9 Å². The molecule has 0 aromatic carbocycles. The standard InChI is InChI=1S/C16H22ClN3O3/c1-16(2,3)23-15(22)20-8-4-5-11(10-20)14(21)19-12-6-7-18-13(17)9-12/h6-7,9,11H,4-5,8,10H2,1-3H3,(H,18,19,21). The minimum absolute atomic E-state index is 0.125. The lowest BCUT2D eigenvalue weighted by Gasteiger charge is -2.33. The monoisotopic (exact) mass is 339 g/mol. The maximum atomic E-state index is 12.4. The van der Waals surface area contributed by atoms with Crippen LogP contribution in [0.1, 0.15) is 33.6 Å². The van der Waals surface area contributed by atoms with E-state index in [1.54, 1.807) is 17.0 Å². The minimum atomic E-state index is -0.542. The highest BCUT2D eigenvalue weighted by atomic mass is 35.5. The van der Waals surface area contributed by atoms with Crippen molar-refractivity contribution in [2.75, 3.05) is 18.4 Å². The summed E-state index contributed by atoms with van der Waals surface area (Å²) in [6.07, 6.45) is 2.67. The number of anilines is 1. The second kappa shape index (κ2) is 7.17. The van der Waals surface area contributed by atoms with E-state index in [9.17, 15) is 9.59 Å². The Labute approximate surface area is 141 Å². The third-order valence-corrected chi connectivity index (χ3v) is 3.64. The molecule has 0 saturated carbocycles. The number of hydrogen-bond acceptors (Lipinski definition) is 4. The highest BCUT2D eigenvalue weighted by Gasteiger charge is 2.31. The van der Waals surface area contributed by atoms with Crippen LogP contribution in [-0.2, 0) is 9.53 Å². The van der Waals surface area contributed by atoms with Gasteiger partial charge in [-0.15, -0.1) is 0 Å². The Balaban J connectivity index is 1.95. The fraction of sp³-hybridized carbons (Fsp3) is 0.562. The molecule has 0 bridgehead atoms. The van der Waals surface area contributed by atoms with E-state index in [-0.39, 0.29) is 17.9 Å². The number of carbonyl (C=O) groups excluding carboxylic acids is 2. The molecular weight excluding hydrogens is 318 g/mol. The van der Waals surface area contributed by atoms with Crippen LogP contribution in [0.2, 0.25) is 5.15 Å².